The number of ether oxygens (including phenoxy) is 1. The number of hydrogen-bond donors (Lipinski definition) is 1. The smallest absolute Gasteiger partial charge is 0.153 e. The summed E-state index contributed by atoms with van der Waals surface area (Å²) in [6.45, 7) is 3.90. The number of nitrogens with two attached hydrogens (primary N) is 1. The molecule has 0 aliphatic rings. The van der Waals surface area contributed by atoms with Crippen LogP contribution in [-0.2, 0) is 0 Å². The highest BCUT2D eigenvalue weighted by atomic mass is 79.9. The lowest BCUT2D eigenvalue weighted by molar-refractivity contribution is 0.474. The van der Waals surface area contributed by atoms with Crippen molar-refractivity contribution < 1.29 is 9.13 Å². The van der Waals surface area contributed by atoms with E-state index in [0.29, 0.717) is 21.7 Å². The molecular weight excluding hydrogens is 297 g/mol. The molecule has 2 rings (SSSR count). The molecule has 0 radical (unpaired) electrons. The summed E-state index contributed by atoms with van der Waals surface area (Å²) in [5.41, 5.74) is 8.25. The Kier molecular flexibility index (Phi) is 3.57. The van der Waals surface area contributed by atoms with Crippen LogP contribution in [0.5, 0.6) is 11.5 Å². The van der Waals surface area contributed by atoms with Crippen LogP contribution in [0.4, 0.5) is 10.1 Å². The molecule has 2 aromatic rings. The Balaban J connectivity index is 2.40. The topological polar surface area (TPSA) is 35.2 Å². The van der Waals surface area contributed by atoms with Crippen molar-refractivity contribution in [2.75, 3.05) is 5.73 Å². The largest absolute Gasteiger partial charge is 0.455 e. The van der Waals surface area contributed by atoms with E-state index in [1.165, 1.54) is 12.1 Å². The van der Waals surface area contributed by atoms with E-state index < -0.39 is 5.82 Å². The fourth-order valence-corrected chi connectivity index (χ4v) is 1.93. The van der Waals surface area contributed by atoms with E-state index in [0.717, 1.165) is 11.1 Å². The lowest BCUT2D eigenvalue weighted by Gasteiger charge is -2.12. The van der Waals surface area contributed by atoms with Gasteiger partial charge in [-0.25, -0.2) is 4.39 Å². The Morgan fingerprint density at radius 2 is 1.83 bits per heavy atom. The molecule has 0 aliphatic heterocycles. The molecule has 2 aromatic carbocycles. The Morgan fingerprint density at radius 3 is 2.56 bits per heavy atom. The normalized spacial score (nSPS) is 10.4. The molecule has 0 saturated carbocycles. The Morgan fingerprint density at radius 1 is 1.11 bits per heavy atom. The number of nitrogen functional groups attached to an aromatic ring is 1. The van der Waals surface area contributed by atoms with E-state index in [4.69, 9.17) is 10.5 Å². The van der Waals surface area contributed by atoms with Crippen molar-refractivity contribution in [1.82, 2.24) is 0 Å². The van der Waals surface area contributed by atoms with Crippen LogP contribution in [0.25, 0.3) is 0 Å². The Labute approximate surface area is 114 Å². The van der Waals surface area contributed by atoms with Crippen LogP contribution in [0.1, 0.15) is 11.1 Å². The maximum absolute atomic E-state index is 13.5. The summed E-state index contributed by atoms with van der Waals surface area (Å²) in [5, 5.41) is 0. The number of hydrogen-bond acceptors (Lipinski definition) is 2. The van der Waals surface area contributed by atoms with Crippen molar-refractivity contribution in [2.45, 2.75) is 13.8 Å². The van der Waals surface area contributed by atoms with Gasteiger partial charge in [-0.1, -0.05) is 12.1 Å². The monoisotopic (exact) mass is 309 g/mol. The summed E-state index contributed by atoms with van der Waals surface area (Å²) in [7, 11) is 0. The van der Waals surface area contributed by atoms with Gasteiger partial charge in [-0.2, -0.15) is 0 Å². The van der Waals surface area contributed by atoms with Crippen molar-refractivity contribution >= 4 is 21.6 Å². The highest BCUT2D eigenvalue weighted by Crippen LogP contribution is 2.33. The van der Waals surface area contributed by atoms with Crippen molar-refractivity contribution in [2.24, 2.45) is 0 Å². The van der Waals surface area contributed by atoms with Gasteiger partial charge in [-0.05, 0) is 53.0 Å². The fraction of sp³-hybridized carbons (Fsp3) is 0.143. The van der Waals surface area contributed by atoms with Gasteiger partial charge in [0.2, 0.25) is 0 Å². The van der Waals surface area contributed by atoms with Crippen molar-refractivity contribution in [1.29, 1.82) is 0 Å². The average Bonchev–Trinajstić information content (AvgIpc) is 2.30. The van der Waals surface area contributed by atoms with E-state index in [-0.39, 0.29) is 0 Å². The first-order valence-corrected chi connectivity index (χ1v) is 6.26. The molecule has 2 N–H and O–H groups in total. The Bertz CT molecular complexity index is 599. The van der Waals surface area contributed by atoms with Crippen LogP contribution in [0.2, 0.25) is 0 Å². The molecule has 4 heteroatoms. The number of aryl methyl sites for hydroxylation is 2. The van der Waals surface area contributed by atoms with Gasteiger partial charge >= 0.3 is 0 Å². The second-order valence-electron chi connectivity index (χ2n) is 4.18. The Hall–Kier alpha value is -1.55. The number of anilines is 1. The van der Waals surface area contributed by atoms with E-state index in [1.807, 2.05) is 32.0 Å². The van der Waals surface area contributed by atoms with Gasteiger partial charge in [-0.15, -0.1) is 0 Å². The van der Waals surface area contributed by atoms with E-state index in [2.05, 4.69) is 15.9 Å². The third kappa shape index (κ3) is 2.64. The van der Waals surface area contributed by atoms with E-state index in [9.17, 15) is 4.39 Å². The first-order valence-electron chi connectivity index (χ1n) is 5.47. The predicted octanol–water partition coefficient (Wildman–Crippen LogP) is 4.58. The molecule has 18 heavy (non-hydrogen) atoms. The van der Waals surface area contributed by atoms with E-state index in [1.54, 1.807) is 0 Å². The van der Waals surface area contributed by atoms with Crippen molar-refractivity contribution in [3.05, 3.63) is 51.7 Å². The zero-order valence-corrected chi connectivity index (χ0v) is 11.7. The predicted molar refractivity (Wildman–Crippen MR) is 74.5 cm³/mol. The van der Waals surface area contributed by atoms with Crippen molar-refractivity contribution in [3.8, 4) is 11.5 Å². The SMILES string of the molecule is Cc1ccc(C)c(Oc2cc(F)c(Br)cc2N)c1. The molecule has 94 valence electrons. The quantitative estimate of drug-likeness (QED) is 0.824. The molecule has 0 aromatic heterocycles. The lowest BCUT2D eigenvalue weighted by Crippen LogP contribution is -1.95. The highest BCUT2D eigenvalue weighted by molar-refractivity contribution is 9.10. The third-order valence-electron chi connectivity index (χ3n) is 2.62. The van der Waals surface area contributed by atoms with Crippen molar-refractivity contribution in [3.63, 3.8) is 0 Å². The first kappa shape index (κ1) is 12.9. The van der Waals surface area contributed by atoms with Gasteiger partial charge in [0.25, 0.3) is 0 Å². The van der Waals surface area contributed by atoms with Crippen LogP contribution >= 0.6 is 15.9 Å². The summed E-state index contributed by atoms with van der Waals surface area (Å²) in [5.74, 6) is 0.609. The van der Waals surface area contributed by atoms with Crippen LogP contribution in [0.3, 0.4) is 0 Å². The molecule has 0 heterocycles. The highest BCUT2D eigenvalue weighted by Gasteiger charge is 2.09. The molecule has 0 bridgehead atoms. The van der Waals surface area contributed by atoms with Gasteiger partial charge in [0.15, 0.2) is 5.75 Å². The first-order chi connectivity index (χ1) is 8.47. The van der Waals surface area contributed by atoms with Gasteiger partial charge in [-0.3, -0.25) is 0 Å². The van der Waals surface area contributed by atoms with Crippen LogP contribution < -0.4 is 10.5 Å². The number of benzene rings is 2. The molecule has 0 saturated heterocycles. The second kappa shape index (κ2) is 4.98. The molecule has 0 amide bonds. The molecule has 0 spiro atoms. The maximum Gasteiger partial charge on any atom is 0.153 e. The molecule has 0 unspecified atom stereocenters. The zero-order valence-electron chi connectivity index (χ0n) is 10.1. The minimum Gasteiger partial charge on any atom is -0.455 e. The molecule has 2 nitrogen and oxygen atoms in total. The van der Waals surface area contributed by atoms with Crippen LogP contribution in [-0.4, -0.2) is 0 Å². The maximum atomic E-state index is 13.5. The van der Waals surface area contributed by atoms with Crippen LogP contribution in [0.15, 0.2) is 34.8 Å². The van der Waals surface area contributed by atoms with Crippen LogP contribution in [0, 0.1) is 19.7 Å². The van der Waals surface area contributed by atoms with Gasteiger partial charge in [0.05, 0.1) is 10.2 Å². The molecule has 0 aliphatic carbocycles. The minimum atomic E-state index is -0.399. The summed E-state index contributed by atoms with van der Waals surface area (Å²) in [6.07, 6.45) is 0. The minimum absolute atomic E-state index is 0.324. The molecular formula is C14H13BrFNO. The number of rotatable bonds is 2. The van der Waals surface area contributed by atoms with Gasteiger partial charge in [0, 0.05) is 6.07 Å². The molecule has 0 fully saturated rings. The number of halogens is 2. The summed E-state index contributed by atoms with van der Waals surface area (Å²) < 4.78 is 19.5. The second-order valence-corrected chi connectivity index (χ2v) is 5.03. The fourth-order valence-electron chi connectivity index (χ4n) is 1.57. The van der Waals surface area contributed by atoms with Gasteiger partial charge < -0.3 is 10.5 Å². The standard InChI is InChI=1S/C14H13BrFNO/c1-8-3-4-9(2)13(5-8)18-14-7-11(16)10(15)6-12(14)17/h3-7H,17H2,1-2H3. The van der Waals surface area contributed by atoms with E-state index >= 15 is 0 Å². The average molecular weight is 310 g/mol. The summed E-state index contributed by atoms with van der Waals surface area (Å²) in [6, 6.07) is 8.62. The molecule has 0 atom stereocenters. The summed E-state index contributed by atoms with van der Waals surface area (Å²) in [4.78, 5) is 0. The van der Waals surface area contributed by atoms with Gasteiger partial charge in [0.1, 0.15) is 11.6 Å². The third-order valence-corrected chi connectivity index (χ3v) is 3.22. The summed E-state index contributed by atoms with van der Waals surface area (Å²) >= 11 is 3.08. The lowest BCUT2D eigenvalue weighted by atomic mass is 10.1. The zero-order chi connectivity index (χ0) is 13.3.